The summed E-state index contributed by atoms with van der Waals surface area (Å²) in [5, 5.41) is 1.50. The Bertz CT molecular complexity index is 1430. The average molecular weight is 444 g/mol. The molecule has 0 unspecified atom stereocenters. The van der Waals surface area contributed by atoms with E-state index in [0.29, 0.717) is 27.5 Å². The number of carbonyl (C=O) groups is 1. The van der Waals surface area contributed by atoms with Gasteiger partial charge in [0.15, 0.2) is 0 Å². The van der Waals surface area contributed by atoms with Crippen LogP contribution in [0.2, 0.25) is 5.02 Å². The van der Waals surface area contributed by atoms with Crippen LogP contribution in [0, 0.1) is 11.6 Å². The summed E-state index contributed by atoms with van der Waals surface area (Å²) in [5.41, 5.74) is 1.47. The Morgan fingerprint density at radius 2 is 1.90 bits per heavy atom. The van der Waals surface area contributed by atoms with Crippen LogP contribution in [-0.4, -0.2) is 34.4 Å². The van der Waals surface area contributed by atoms with E-state index >= 15 is 0 Å². The number of rotatable bonds is 2. The molecule has 4 aromatic rings. The smallest absolute Gasteiger partial charge is 0.270 e. The monoisotopic (exact) mass is 443 g/mol. The van der Waals surface area contributed by atoms with Crippen LogP contribution >= 0.6 is 11.6 Å². The molecule has 1 aliphatic heterocycles. The number of fused-ring (bicyclic) bond motifs is 4. The van der Waals surface area contributed by atoms with Gasteiger partial charge in [-0.1, -0.05) is 17.7 Å². The summed E-state index contributed by atoms with van der Waals surface area (Å²) in [6.07, 6.45) is 0. The molecule has 1 amide bonds. The molecule has 9 heteroatoms. The molecule has 0 aliphatic carbocycles. The zero-order chi connectivity index (χ0) is 21.9. The van der Waals surface area contributed by atoms with Crippen LogP contribution in [0.3, 0.4) is 0 Å². The molecule has 0 fully saturated rings. The number of aromatic amines is 2. The van der Waals surface area contributed by atoms with Gasteiger partial charge < -0.3 is 19.6 Å². The number of aromatic nitrogens is 2. The Morgan fingerprint density at radius 1 is 1.10 bits per heavy atom. The minimum absolute atomic E-state index is 0.178. The molecule has 3 heterocycles. The summed E-state index contributed by atoms with van der Waals surface area (Å²) in [4.78, 5) is 32.8. The number of hydrogen-bond donors (Lipinski definition) is 2. The summed E-state index contributed by atoms with van der Waals surface area (Å²) < 4.78 is 33.0. The topological polar surface area (TPSA) is 78.2 Å². The molecule has 2 aromatic heterocycles. The van der Waals surface area contributed by atoms with Crippen LogP contribution in [0.4, 0.5) is 8.78 Å². The van der Waals surface area contributed by atoms with Gasteiger partial charge in [0, 0.05) is 23.7 Å². The lowest BCUT2D eigenvalue weighted by atomic mass is 9.95. The van der Waals surface area contributed by atoms with Gasteiger partial charge in [-0.05, 0) is 35.7 Å². The number of ether oxygens (including phenoxy) is 1. The molecule has 1 aliphatic rings. The SMILES string of the molecule is CN(C(=O)c1cc2c(Cl)cc(F)cc2[nH]1)[C@@H]1COCc2[nH]c(=O)c3cc(F)ccc3c21. The number of nitrogens with zero attached hydrogens (tertiary/aromatic N) is 1. The first-order chi connectivity index (χ1) is 14.8. The Morgan fingerprint density at radius 3 is 2.71 bits per heavy atom. The predicted octanol–water partition coefficient (Wildman–Crippen LogP) is 4.28. The quantitative estimate of drug-likeness (QED) is 0.485. The van der Waals surface area contributed by atoms with E-state index in [1.807, 2.05) is 0 Å². The Kier molecular flexibility index (Phi) is 4.56. The molecule has 0 saturated heterocycles. The van der Waals surface area contributed by atoms with Crippen molar-refractivity contribution < 1.29 is 18.3 Å². The fraction of sp³-hybridized carbons (Fsp3) is 0.182. The van der Waals surface area contributed by atoms with Crippen molar-refractivity contribution in [2.45, 2.75) is 12.6 Å². The Balaban J connectivity index is 1.60. The van der Waals surface area contributed by atoms with Crippen LogP contribution in [-0.2, 0) is 11.3 Å². The first-order valence-corrected chi connectivity index (χ1v) is 9.88. The summed E-state index contributed by atoms with van der Waals surface area (Å²) in [6, 6.07) is 7.50. The lowest BCUT2D eigenvalue weighted by Crippen LogP contribution is -2.37. The summed E-state index contributed by atoms with van der Waals surface area (Å²) in [5.74, 6) is -1.40. The number of carbonyl (C=O) groups excluding carboxylic acids is 1. The Hall–Kier alpha value is -3.23. The van der Waals surface area contributed by atoms with Crippen molar-refractivity contribution >= 4 is 39.2 Å². The van der Waals surface area contributed by atoms with Crippen molar-refractivity contribution in [3.05, 3.63) is 80.4 Å². The van der Waals surface area contributed by atoms with E-state index in [0.717, 1.165) is 0 Å². The fourth-order valence-electron chi connectivity index (χ4n) is 4.14. The Labute approximate surface area is 179 Å². The van der Waals surface area contributed by atoms with Gasteiger partial charge in [0.2, 0.25) is 0 Å². The predicted molar refractivity (Wildman–Crippen MR) is 112 cm³/mol. The molecule has 31 heavy (non-hydrogen) atoms. The van der Waals surface area contributed by atoms with E-state index in [9.17, 15) is 18.4 Å². The van der Waals surface area contributed by atoms with Crippen molar-refractivity contribution in [3.63, 3.8) is 0 Å². The zero-order valence-corrected chi connectivity index (χ0v) is 17.0. The van der Waals surface area contributed by atoms with Crippen molar-refractivity contribution in [2.24, 2.45) is 0 Å². The second-order valence-electron chi connectivity index (χ2n) is 7.52. The molecule has 0 bridgehead atoms. The van der Waals surface area contributed by atoms with E-state index in [1.54, 1.807) is 19.2 Å². The van der Waals surface area contributed by atoms with Gasteiger partial charge in [0.25, 0.3) is 11.5 Å². The minimum atomic E-state index is -0.528. The highest BCUT2D eigenvalue weighted by Crippen LogP contribution is 2.34. The summed E-state index contributed by atoms with van der Waals surface area (Å²) in [7, 11) is 1.61. The van der Waals surface area contributed by atoms with Gasteiger partial charge >= 0.3 is 0 Å². The number of amides is 1. The molecule has 6 nitrogen and oxygen atoms in total. The number of halogens is 3. The molecular weight excluding hydrogens is 428 g/mol. The lowest BCUT2D eigenvalue weighted by Gasteiger charge is -2.33. The number of likely N-dealkylation sites (N-methyl/N-ethyl adjacent to an activating group) is 1. The van der Waals surface area contributed by atoms with E-state index in [4.69, 9.17) is 16.3 Å². The standard InChI is InChI=1S/C22H16ClF2N3O3/c1-28(22(30)17-7-14-15(23)5-11(25)6-16(14)26-17)19-9-31-8-18-20(19)12-3-2-10(24)4-13(12)21(29)27-18/h2-7,19,26H,8-9H2,1H3,(H,27,29)/t19-/m1/s1. The van der Waals surface area contributed by atoms with Gasteiger partial charge in [-0.15, -0.1) is 0 Å². The van der Waals surface area contributed by atoms with Crippen molar-refractivity contribution in [3.8, 4) is 0 Å². The highest BCUT2D eigenvalue weighted by atomic mass is 35.5. The van der Waals surface area contributed by atoms with Gasteiger partial charge in [-0.2, -0.15) is 0 Å². The maximum atomic E-state index is 13.7. The molecule has 2 N–H and O–H groups in total. The summed E-state index contributed by atoms with van der Waals surface area (Å²) >= 11 is 6.10. The first-order valence-electron chi connectivity index (χ1n) is 9.50. The van der Waals surface area contributed by atoms with Crippen molar-refractivity contribution in [2.75, 3.05) is 13.7 Å². The lowest BCUT2D eigenvalue weighted by molar-refractivity contribution is 0.0333. The number of H-pyrrole nitrogens is 2. The number of hydrogen-bond acceptors (Lipinski definition) is 3. The highest BCUT2D eigenvalue weighted by Gasteiger charge is 2.31. The molecule has 0 radical (unpaired) electrons. The van der Waals surface area contributed by atoms with E-state index < -0.39 is 23.2 Å². The van der Waals surface area contributed by atoms with Crippen molar-refractivity contribution in [1.82, 2.24) is 14.9 Å². The molecule has 0 spiro atoms. The second kappa shape index (κ2) is 7.18. The molecule has 1 atom stereocenters. The maximum Gasteiger partial charge on any atom is 0.270 e. The third kappa shape index (κ3) is 3.19. The molecule has 0 saturated carbocycles. The minimum Gasteiger partial charge on any atom is -0.373 e. The van der Waals surface area contributed by atoms with Crippen LogP contribution in [0.25, 0.3) is 21.7 Å². The van der Waals surface area contributed by atoms with Crippen LogP contribution < -0.4 is 5.56 Å². The van der Waals surface area contributed by atoms with E-state index in [2.05, 4.69) is 9.97 Å². The van der Waals surface area contributed by atoms with E-state index in [1.165, 1.54) is 29.2 Å². The average Bonchev–Trinajstić information content (AvgIpc) is 3.17. The van der Waals surface area contributed by atoms with Crippen LogP contribution in [0.1, 0.15) is 27.8 Å². The van der Waals surface area contributed by atoms with Gasteiger partial charge in [-0.3, -0.25) is 9.59 Å². The zero-order valence-electron chi connectivity index (χ0n) is 16.3. The molecular formula is C22H16ClF2N3O3. The largest absolute Gasteiger partial charge is 0.373 e. The number of pyridine rings is 1. The van der Waals surface area contributed by atoms with Crippen LogP contribution in [0.15, 0.2) is 41.2 Å². The third-order valence-electron chi connectivity index (χ3n) is 5.63. The van der Waals surface area contributed by atoms with Gasteiger partial charge in [-0.25, -0.2) is 8.78 Å². The third-order valence-corrected chi connectivity index (χ3v) is 5.94. The first kappa shape index (κ1) is 19.7. The van der Waals surface area contributed by atoms with Crippen molar-refractivity contribution in [1.29, 1.82) is 0 Å². The fourth-order valence-corrected chi connectivity index (χ4v) is 4.40. The second-order valence-corrected chi connectivity index (χ2v) is 7.92. The molecule has 2 aromatic carbocycles. The number of benzene rings is 2. The molecule has 158 valence electrons. The van der Waals surface area contributed by atoms with Gasteiger partial charge in [0.05, 0.1) is 35.2 Å². The summed E-state index contributed by atoms with van der Waals surface area (Å²) in [6.45, 7) is 0.376. The van der Waals surface area contributed by atoms with Crippen LogP contribution in [0.5, 0.6) is 0 Å². The maximum absolute atomic E-state index is 13.7. The normalized spacial score (nSPS) is 15.9. The van der Waals surface area contributed by atoms with Gasteiger partial charge in [0.1, 0.15) is 17.3 Å². The van der Waals surface area contributed by atoms with E-state index in [-0.39, 0.29) is 35.2 Å². The molecule has 5 rings (SSSR count). The highest BCUT2D eigenvalue weighted by molar-refractivity contribution is 6.35. The number of nitrogens with one attached hydrogen (secondary N) is 2.